The first-order chi connectivity index (χ1) is 10.3. The van der Waals surface area contributed by atoms with Crippen LogP contribution >= 0.6 is 0 Å². The van der Waals surface area contributed by atoms with Crippen LogP contribution in [0.1, 0.15) is 36.9 Å². The average Bonchev–Trinajstić information content (AvgIpc) is 2.97. The molecule has 5 nitrogen and oxygen atoms in total. The molecule has 0 fully saturated rings. The van der Waals surface area contributed by atoms with Crippen molar-refractivity contribution in [2.45, 2.75) is 32.2 Å². The van der Waals surface area contributed by atoms with E-state index < -0.39 is 0 Å². The maximum absolute atomic E-state index is 5.90. The summed E-state index contributed by atoms with van der Waals surface area (Å²) < 4.78 is 1.99. The molecule has 2 N–H and O–H groups in total. The van der Waals surface area contributed by atoms with Gasteiger partial charge in [-0.15, -0.1) is 5.10 Å². The number of aryl methyl sites for hydroxylation is 1. The van der Waals surface area contributed by atoms with E-state index in [1.807, 2.05) is 35.1 Å². The van der Waals surface area contributed by atoms with Gasteiger partial charge in [0, 0.05) is 25.1 Å². The van der Waals surface area contributed by atoms with Gasteiger partial charge in [0.25, 0.3) is 0 Å². The van der Waals surface area contributed by atoms with Gasteiger partial charge in [-0.3, -0.25) is 4.68 Å². The summed E-state index contributed by atoms with van der Waals surface area (Å²) in [5.74, 6) is 0.713. The van der Waals surface area contributed by atoms with Crippen LogP contribution < -0.4 is 5.73 Å². The van der Waals surface area contributed by atoms with E-state index in [9.17, 15) is 0 Å². The highest BCUT2D eigenvalue weighted by atomic mass is 15.3. The number of benzene rings is 1. The van der Waals surface area contributed by atoms with E-state index in [1.165, 1.54) is 5.56 Å². The molecule has 1 aromatic carbocycles. The van der Waals surface area contributed by atoms with Gasteiger partial charge in [-0.25, -0.2) is 0 Å². The Hall–Kier alpha value is -2.43. The Bertz CT molecular complexity index is 669. The minimum atomic E-state index is 0.135. The van der Waals surface area contributed by atoms with Crippen LogP contribution in [0.2, 0.25) is 0 Å². The van der Waals surface area contributed by atoms with Gasteiger partial charge in [0.05, 0.1) is 11.4 Å². The van der Waals surface area contributed by atoms with Crippen LogP contribution in [0, 0.1) is 0 Å². The lowest BCUT2D eigenvalue weighted by molar-refractivity contribution is 0.595. The number of amidine groups is 1. The van der Waals surface area contributed by atoms with Crippen molar-refractivity contribution >= 4 is 11.5 Å². The molecule has 2 heterocycles. The van der Waals surface area contributed by atoms with Crippen LogP contribution in [0.25, 0.3) is 0 Å². The summed E-state index contributed by atoms with van der Waals surface area (Å²) in [4.78, 5) is 0. The molecule has 0 bridgehead atoms. The summed E-state index contributed by atoms with van der Waals surface area (Å²) in [6.45, 7) is 3.01. The lowest BCUT2D eigenvalue weighted by Crippen LogP contribution is -2.27. The average molecular weight is 281 g/mol. The molecule has 3 rings (SSSR count). The standard InChI is InChI=1S/C16H19N5/c1-2-10-21-14(8-9-18-21)16-13(11-15(17)19-20-16)12-6-4-3-5-7-12/h3-9,13H,2,10-11H2,1H3,(H2,17,19). The third-order valence-corrected chi connectivity index (χ3v) is 3.65. The predicted molar refractivity (Wildman–Crippen MR) is 84.5 cm³/mol. The largest absolute Gasteiger partial charge is 0.386 e. The summed E-state index contributed by atoms with van der Waals surface area (Å²) >= 11 is 0. The zero-order chi connectivity index (χ0) is 14.7. The van der Waals surface area contributed by atoms with Crippen LogP contribution in [-0.2, 0) is 6.54 Å². The highest BCUT2D eigenvalue weighted by Gasteiger charge is 2.26. The summed E-state index contributed by atoms with van der Waals surface area (Å²) in [6, 6.07) is 12.3. The van der Waals surface area contributed by atoms with Gasteiger partial charge in [-0.2, -0.15) is 10.2 Å². The molecule has 5 heteroatoms. The minimum Gasteiger partial charge on any atom is -0.386 e. The Labute approximate surface area is 124 Å². The van der Waals surface area contributed by atoms with Gasteiger partial charge < -0.3 is 5.73 Å². The summed E-state index contributed by atoms with van der Waals surface area (Å²) in [5, 5.41) is 12.8. The third-order valence-electron chi connectivity index (χ3n) is 3.65. The maximum Gasteiger partial charge on any atom is 0.123 e. The fraction of sp³-hybridized carbons (Fsp3) is 0.312. The molecular weight excluding hydrogens is 262 g/mol. The van der Waals surface area contributed by atoms with E-state index in [4.69, 9.17) is 5.73 Å². The van der Waals surface area contributed by atoms with Gasteiger partial charge in [0.15, 0.2) is 0 Å². The van der Waals surface area contributed by atoms with Crippen LogP contribution in [-0.4, -0.2) is 21.3 Å². The topological polar surface area (TPSA) is 68.6 Å². The van der Waals surface area contributed by atoms with Crippen molar-refractivity contribution in [3.05, 3.63) is 53.9 Å². The molecular formula is C16H19N5. The Morgan fingerprint density at radius 3 is 2.76 bits per heavy atom. The smallest absolute Gasteiger partial charge is 0.123 e. The second-order valence-electron chi connectivity index (χ2n) is 5.18. The summed E-state index contributed by atoms with van der Waals surface area (Å²) in [5.41, 5.74) is 9.08. The van der Waals surface area contributed by atoms with Crippen molar-refractivity contribution < 1.29 is 0 Å². The highest BCUT2D eigenvalue weighted by Crippen LogP contribution is 2.27. The highest BCUT2D eigenvalue weighted by molar-refractivity contribution is 6.07. The van der Waals surface area contributed by atoms with Gasteiger partial charge in [0.1, 0.15) is 5.84 Å². The second-order valence-corrected chi connectivity index (χ2v) is 5.18. The van der Waals surface area contributed by atoms with E-state index in [1.54, 1.807) is 0 Å². The zero-order valence-electron chi connectivity index (χ0n) is 12.1. The fourth-order valence-corrected chi connectivity index (χ4v) is 2.67. The first kappa shape index (κ1) is 13.5. The van der Waals surface area contributed by atoms with Crippen molar-refractivity contribution in [1.29, 1.82) is 0 Å². The Kier molecular flexibility index (Phi) is 3.81. The molecule has 0 saturated carbocycles. The molecule has 1 aliphatic rings. The maximum atomic E-state index is 5.90. The molecule has 0 spiro atoms. The molecule has 0 aliphatic carbocycles. The number of hydrogen-bond donors (Lipinski definition) is 1. The number of rotatable bonds is 4. The molecule has 2 aromatic rings. The zero-order valence-corrected chi connectivity index (χ0v) is 12.1. The molecule has 1 atom stereocenters. The van der Waals surface area contributed by atoms with Gasteiger partial charge in [-0.1, -0.05) is 37.3 Å². The van der Waals surface area contributed by atoms with Crippen molar-refractivity contribution in [3.8, 4) is 0 Å². The second kappa shape index (κ2) is 5.91. The molecule has 108 valence electrons. The van der Waals surface area contributed by atoms with Gasteiger partial charge >= 0.3 is 0 Å². The molecule has 1 unspecified atom stereocenters. The van der Waals surface area contributed by atoms with E-state index in [0.717, 1.165) is 24.4 Å². The molecule has 0 amide bonds. The third kappa shape index (κ3) is 2.72. The van der Waals surface area contributed by atoms with Crippen LogP contribution in [0.4, 0.5) is 0 Å². The van der Waals surface area contributed by atoms with E-state index >= 15 is 0 Å². The first-order valence-corrected chi connectivity index (χ1v) is 7.26. The SMILES string of the molecule is CCCn1nccc1C1=NN=C(N)CC1c1ccccc1. The fourth-order valence-electron chi connectivity index (χ4n) is 2.67. The molecule has 1 aliphatic heterocycles. The van der Waals surface area contributed by atoms with Crippen LogP contribution in [0.15, 0.2) is 52.8 Å². The normalized spacial score (nSPS) is 18.2. The number of aromatic nitrogens is 2. The van der Waals surface area contributed by atoms with Crippen molar-refractivity contribution in [3.63, 3.8) is 0 Å². The molecule has 0 radical (unpaired) electrons. The first-order valence-electron chi connectivity index (χ1n) is 7.26. The lowest BCUT2D eigenvalue weighted by atomic mass is 9.88. The predicted octanol–water partition coefficient (Wildman–Crippen LogP) is 2.54. The van der Waals surface area contributed by atoms with E-state index in [-0.39, 0.29) is 5.92 Å². The Balaban J connectivity index is 2.02. The quantitative estimate of drug-likeness (QED) is 0.935. The van der Waals surface area contributed by atoms with Crippen LogP contribution in [0.3, 0.4) is 0 Å². The van der Waals surface area contributed by atoms with Gasteiger partial charge in [0.2, 0.25) is 0 Å². The van der Waals surface area contributed by atoms with Crippen molar-refractivity contribution in [2.75, 3.05) is 0 Å². The molecule has 0 saturated heterocycles. The summed E-state index contributed by atoms with van der Waals surface area (Å²) in [6.07, 6.45) is 3.54. The molecule has 1 aromatic heterocycles. The number of nitrogens with zero attached hydrogens (tertiary/aromatic N) is 4. The van der Waals surface area contributed by atoms with Crippen LogP contribution in [0.5, 0.6) is 0 Å². The monoisotopic (exact) mass is 281 g/mol. The van der Waals surface area contributed by atoms with Crippen molar-refractivity contribution in [2.24, 2.45) is 15.9 Å². The van der Waals surface area contributed by atoms with E-state index in [2.05, 4.69) is 34.4 Å². The lowest BCUT2D eigenvalue weighted by Gasteiger charge is -2.22. The molecule has 21 heavy (non-hydrogen) atoms. The minimum absolute atomic E-state index is 0.135. The summed E-state index contributed by atoms with van der Waals surface area (Å²) in [7, 11) is 0. The van der Waals surface area contributed by atoms with E-state index in [0.29, 0.717) is 12.3 Å². The number of nitrogens with two attached hydrogens (primary N) is 1. The van der Waals surface area contributed by atoms with Gasteiger partial charge in [-0.05, 0) is 18.1 Å². The number of hydrogen-bond acceptors (Lipinski definition) is 4. The Morgan fingerprint density at radius 1 is 1.19 bits per heavy atom. The van der Waals surface area contributed by atoms with Crippen molar-refractivity contribution in [1.82, 2.24) is 9.78 Å². The Morgan fingerprint density at radius 2 is 2.00 bits per heavy atom.